The van der Waals surface area contributed by atoms with E-state index in [2.05, 4.69) is 10.2 Å². The minimum atomic E-state index is 0.472. The highest BCUT2D eigenvalue weighted by atomic mass is 35.5. The first-order chi connectivity index (χ1) is 8.20. The molecule has 0 atom stereocenters. The number of halogens is 1. The summed E-state index contributed by atoms with van der Waals surface area (Å²) in [6, 6.07) is 10.1. The third-order valence-corrected chi connectivity index (χ3v) is 2.76. The van der Waals surface area contributed by atoms with Crippen LogP contribution < -0.4 is 0 Å². The van der Waals surface area contributed by atoms with Crippen molar-refractivity contribution in [2.75, 3.05) is 0 Å². The maximum Gasteiger partial charge on any atom is 0.155 e. The largest absolute Gasteiger partial charge is 0.155 e. The molecule has 17 heavy (non-hydrogen) atoms. The average molecular weight is 249 g/mol. The smallest absolute Gasteiger partial charge is 0.154 e. The van der Waals surface area contributed by atoms with Gasteiger partial charge in [-0.05, 0) is 25.0 Å². The van der Waals surface area contributed by atoms with Crippen LogP contribution in [0.15, 0.2) is 30.3 Å². The quantitative estimate of drug-likeness (QED) is 0.746. The van der Waals surface area contributed by atoms with Crippen LogP contribution in [0.3, 0.4) is 0 Å². The minimum Gasteiger partial charge on any atom is -0.154 e. The lowest BCUT2D eigenvalue weighted by atomic mass is 10.0. The Morgan fingerprint density at radius 2 is 1.53 bits per heavy atom. The van der Waals surface area contributed by atoms with Gasteiger partial charge in [0, 0.05) is 5.56 Å². The molecule has 0 spiro atoms. The van der Waals surface area contributed by atoms with Gasteiger partial charge in [0.2, 0.25) is 0 Å². The summed E-state index contributed by atoms with van der Waals surface area (Å²) in [7, 11) is 0. The molecular weight excluding hydrogens is 232 g/mol. The standard InChI is InChI=1S/C12H11ClN2.C2H6/c1-8-11(9(2)14-15-12(8)13)10-6-4-3-5-7-10;1-2/h3-7H,1-2H3;1-2H3. The zero-order valence-corrected chi connectivity index (χ0v) is 11.4. The van der Waals surface area contributed by atoms with Gasteiger partial charge < -0.3 is 0 Å². The molecule has 0 aliphatic heterocycles. The van der Waals surface area contributed by atoms with E-state index in [4.69, 9.17) is 11.6 Å². The minimum absolute atomic E-state index is 0.472. The van der Waals surface area contributed by atoms with Crippen LogP contribution >= 0.6 is 11.6 Å². The molecule has 0 saturated carbocycles. The number of hydrogen-bond acceptors (Lipinski definition) is 2. The van der Waals surface area contributed by atoms with Gasteiger partial charge in [-0.2, -0.15) is 5.10 Å². The van der Waals surface area contributed by atoms with E-state index in [-0.39, 0.29) is 0 Å². The summed E-state index contributed by atoms with van der Waals surface area (Å²) in [4.78, 5) is 0. The van der Waals surface area contributed by atoms with Crippen molar-refractivity contribution in [3.05, 3.63) is 46.7 Å². The normalized spacial score (nSPS) is 9.47. The van der Waals surface area contributed by atoms with E-state index in [1.165, 1.54) is 0 Å². The van der Waals surface area contributed by atoms with Crippen molar-refractivity contribution in [2.24, 2.45) is 0 Å². The summed E-state index contributed by atoms with van der Waals surface area (Å²) in [5, 5.41) is 8.39. The third kappa shape index (κ3) is 3.04. The predicted octanol–water partition coefficient (Wildman–Crippen LogP) is 4.44. The Morgan fingerprint density at radius 1 is 0.941 bits per heavy atom. The lowest BCUT2D eigenvalue weighted by Crippen LogP contribution is -1.96. The molecule has 1 aromatic carbocycles. The van der Waals surface area contributed by atoms with E-state index < -0.39 is 0 Å². The molecule has 0 bridgehead atoms. The maximum atomic E-state index is 5.96. The Labute approximate surface area is 108 Å². The fourth-order valence-electron chi connectivity index (χ4n) is 1.65. The Balaban J connectivity index is 0.000000686. The van der Waals surface area contributed by atoms with Crippen molar-refractivity contribution < 1.29 is 0 Å². The molecule has 3 heteroatoms. The van der Waals surface area contributed by atoms with Crippen molar-refractivity contribution in [3.8, 4) is 11.1 Å². The first kappa shape index (κ1) is 13.7. The maximum absolute atomic E-state index is 5.96. The first-order valence-corrected chi connectivity index (χ1v) is 6.12. The summed E-state index contributed by atoms with van der Waals surface area (Å²) < 4.78 is 0. The number of rotatable bonds is 1. The summed E-state index contributed by atoms with van der Waals surface area (Å²) in [6.07, 6.45) is 0. The molecule has 0 aliphatic rings. The van der Waals surface area contributed by atoms with Gasteiger partial charge in [0.1, 0.15) is 0 Å². The summed E-state index contributed by atoms with van der Waals surface area (Å²) in [5.41, 5.74) is 4.10. The van der Waals surface area contributed by atoms with Crippen molar-refractivity contribution in [3.63, 3.8) is 0 Å². The Morgan fingerprint density at radius 3 is 2.12 bits per heavy atom. The highest BCUT2D eigenvalue weighted by molar-refractivity contribution is 6.30. The summed E-state index contributed by atoms with van der Waals surface area (Å²) in [6.45, 7) is 7.91. The van der Waals surface area contributed by atoms with Crippen molar-refractivity contribution in [1.29, 1.82) is 0 Å². The van der Waals surface area contributed by atoms with Crippen molar-refractivity contribution >= 4 is 11.6 Å². The van der Waals surface area contributed by atoms with Crippen LogP contribution in [0.5, 0.6) is 0 Å². The molecule has 0 unspecified atom stereocenters. The monoisotopic (exact) mass is 248 g/mol. The van der Waals surface area contributed by atoms with E-state index in [0.29, 0.717) is 5.15 Å². The number of benzene rings is 1. The molecule has 2 aromatic rings. The van der Waals surface area contributed by atoms with E-state index in [0.717, 1.165) is 22.4 Å². The first-order valence-electron chi connectivity index (χ1n) is 5.75. The lowest BCUT2D eigenvalue weighted by Gasteiger charge is -2.08. The van der Waals surface area contributed by atoms with Crippen molar-refractivity contribution in [2.45, 2.75) is 27.7 Å². The van der Waals surface area contributed by atoms with E-state index in [1.54, 1.807) is 0 Å². The molecule has 90 valence electrons. The second-order valence-corrected chi connectivity index (χ2v) is 3.80. The van der Waals surface area contributed by atoms with Gasteiger partial charge in [0.15, 0.2) is 5.15 Å². The number of aromatic nitrogens is 2. The molecule has 0 saturated heterocycles. The van der Waals surface area contributed by atoms with Crippen LogP contribution in [0.4, 0.5) is 0 Å². The second-order valence-electron chi connectivity index (χ2n) is 3.44. The van der Waals surface area contributed by atoms with Gasteiger partial charge >= 0.3 is 0 Å². The predicted molar refractivity (Wildman–Crippen MR) is 73.3 cm³/mol. The van der Waals surface area contributed by atoms with Gasteiger partial charge in [-0.1, -0.05) is 55.8 Å². The number of aryl methyl sites for hydroxylation is 1. The Kier molecular flexibility index (Phi) is 5.11. The molecule has 0 fully saturated rings. The van der Waals surface area contributed by atoms with Gasteiger partial charge in [-0.15, -0.1) is 5.10 Å². The van der Waals surface area contributed by atoms with E-state index in [1.807, 2.05) is 58.0 Å². The zero-order valence-electron chi connectivity index (χ0n) is 10.7. The Hall–Kier alpha value is -1.41. The topological polar surface area (TPSA) is 25.8 Å². The van der Waals surface area contributed by atoms with Gasteiger partial charge in [0.05, 0.1) is 5.69 Å². The Bertz CT molecular complexity index is 481. The fraction of sp³-hybridized carbons (Fsp3) is 0.286. The number of hydrogen-bond donors (Lipinski definition) is 0. The van der Waals surface area contributed by atoms with Crippen LogP contribution in [0.1, 0.15) is 25.1 Å². The van der Waals surface area contributed by atoms with Gasteiger partial charge in [0.25, 0.3) is 0 Å². The fourth-order valence-corrected chi connectivity index (χ4v) is 1.78. The molecule has 0 N–H and O–H groups in total. The molecule has 0 radical (unpaired) electrons. The van der Waals surface area contributed by atoms with Crippen LogP contribution in [-0.2, 0) is 0 Å². The molecular formula is C14H17ClN2. The van der Waals surface area contributed by atoms with Gasteiger partial charge in [-0.3, -0.25) is 0 Å². The molecule has 1 aromatic heterocycles. The molecule has 2 nitrogen and oxygen atoms in total. The van der Waals surface area contributed by atoms with E-state index >= 15 is 0 Å². The summed E-state index contributed by atoms with van der Waals surface area (Å²) >= 11 is 5.96. The lowest BCUT2D eigenvalue weighted by molar-refractivity contribution is 0.970. The molecule has 0 aliphatic carbocycles. The van der Waals surface area contributed by atoms with Crippen LogP contribution in [0.25, 0.3) is 11.1 Å². The molecule has 1 heterocycles. The second kappa shape index (κ2) is 6.36. The number of nitrogens with zero attached hydrogens (tertiary/aromatic N) is 2. The summed E-state index contributed by atoms with van der Waals surface area (Å²) in [5.74, 6) is 0. The molecule has 2 rings (SSSR count). The van der Waals surface area contributed by atoms with E-state index in [9.17, 15) is 0 Å². The molecule has 0 amide bonds. The van der Waals surface area contributed by atoms with Gasteiger partial charge in [-0.25, -0.2) is 0 Å². The SMILES string of the molecule is CC.Cc1nnc(Cl)c(C)c1-c1ccccc1. The average Bonchev–Trinajstić information content (AvgIpc) is 2.38. The highest BCUT2D eigenvalue weighted by Crippen LogP contribution is 2.28. The highest BCUT2D eigenvalue weighted by Gasteiger charge is 2.10. The van der Waals surface area contributed by atoms with Crippen LogP contribution in [0, 0.1) is 13.8 Å². The third-order valence-electron chi connectivity index (χ3n) is 2.40. The van der Waals surface area contributed by atoms with Crippen molar-refractivity contribution in [1.82, 2.24) is 10.2 Å². The van der Waals surface area contributed by atoms with Crippen LogP contribution in [-0.4, -0.2) is 10.2 Å². The zero-order chi connectivity index (χ0) is 12.8. The van der Waals surface area contributed by atoms with Crippen LogP contribution in [0.2, 0.25) is 5.15 Å².